The first-order valence-electron chi connectivity index (χ1n) is 5.98. The van der Waals surface area contributed by atoms with Gasteiger partial charge in [-0.1, -0.05) is 12.1 Å². The van der Waals surface area contributed by atoms with Gasteiger partial charge in [-0.25, -0.2) is 17.8 Å². The molecule has 0 aliphatic heterocycles. The smallest absolute Gasteiger partial charge is 0.232 e. The molecule has 0 saturated heterocycles. The Morgan fingerprint density at radius 2 is 1.95 bits per heavy atom. The number of rotatable bonds is 5. The van der Waals surface area contributed by atoms with Crippen molar-refractivity contribution < 1.29 is 12.8 Å². The Labute approximate surface area is 116 Å². The van der Waals surface area contributed by atoms with E-state index in [0.717, 1.165) is 0 Å². The average molecular weight is 295 g/mol. The van der Waals surface area contributed by atoms with Crippen molar-refractivity contribution in [2.45, 2.75) is 6.92 Å². The van der Waals surface area contributed by atoms with Crippen molar-refractivity contribution >= 4 is 27.2 Å². The highest BCUT2D eigenvalue weighted by Crippen LogP contribution is 2.19. The summed E-state index contributed by atoms with van der Waals surface area (Å²) in [4.78, 5) is 4.03. The molecular weight excluding hydrogens is 281 g/mol. The van der Waals surface area contributed by atoms with Crippen molar-refractivity contribution in [1.82, 2.24) is 4.98 Å². The molecule has 0 fully saturated rings. The molecule has 0 spiro atoms. The van der Waals surface area contributed by atoms with Crippen LogP contribution in [0, 0.1) is 5.82 Å². The number of para-hydroxylation sites is 1. The molecule has 0 unspecified atom stereocenters. The number of aromatic nitrogens is 1. The van der Waals surface area contributed by atoms with E-state index < -0.39 is 10.0 Å². The van der Waals surface area contributed by atoms with Crippen LogP contribution in [0.15, 0.2) is 42.6 Å². The van der Waals surface area contributed by atoms with E-state index in [4.69, 9.17) is 0 Å². The van der Waals surface area contributed by atoms with Crippen LogP contribution in [0.1, 0.15) is 6.92 Å². The summed E-state index contributed by atoms with van der Waals surface area (Å²) in [5, 5.41) is 2.81. The van der Waals surface area contributed by atoms with Crippen LogP contribution in [0.25, 0.3) is 0 Å². The van der Waals surface area contributed by atoms with Gasteiger partial charge in [0.15, 0.2) is 0 Å². The molecule has 0 atom stereocenters. The Kier molecular flexibility index (Phi) is 4.19. The number of sulfonamides is 1. The number of halogens is 1. The Bertz CT molecular complexity index is 687. The Hall–Kier alpha value is -2.15. The summed E-state index contributed by atoms with van der Waals surface area (Å²) in [7, 11) is -3.32. The predicted molar refractivity (Wildman–Crippen MR) is 77.0 cm³/mol. The second-order valence-corrected chi connectivity index (χ2v) is 6.05. The van der Waals surface area contributed by atoms with Gasteiger partial charge in [0, 0.05) is 0 Å². The third-order valence-electron chi connectivity index (χ3n) is 2.55. The standard InChI is InChI=1S/C13H14FN3O2S/c1-2-20(18,19)17-10-7-8-13(15-9-10)16-12-6-4-3-5-11(12)14/h3-9,17H,2H2,1H3,(H,15,16). The first kappa shape index (κ1) is 14.3. The fourth-order valence-electron chi connectivity index (χ4n) is 1.48. The number of hydrogen-bond donors (Lipinski definition) is 2. The number of anilines is 3. The highest BCUT2D eigenvalue weighted by Gasteiger charge is 2.07. The molecule has 0 aliphatic carbocycles. The molecule has 0 saturated carbocycles. The monoisotopic (exact) mass is 295 g/mol. The van der Waals surface area contributed by atoms with Gasteiger partial charge in [0.2, 0.25) is 10.0 Å². The summed E-state index contributed by atoms with van der Waals surface area (Å²) in [5.74, 6) is 0.0296. The average Bonchev–Trinajstić information content (AvgIpc) is 2.43. The van der Waals surface area contributed by atoms with Gasteiger partial charge < -0.3 is 5.32 Å². The van der Waals surface area contributed by atoms with Gasteiger partial charge >= 0.3 is 0 Å². The van der Waals surface area contributed by atoms with Crippen molar-refractivity contribution in [3.05, 3.63) is 48.4 Å². The molecular formula is C13H14FN3O2S. The number of pyridine rings is 1. The third-order valence-corrected chi connectivity index (χ3v) is 3.86. The number of nitrogens with zero attached hydrogens (tertiary/aromatic N) is 1. The van der Waals surface area contributed by atoms with E-state index in [2.05, 4.69) is 15.0 Å². The van der Waals surface area contributed by atoms with E-state index >= 15 is 0 Å². The van der Waals surface area contributed by atoms with E-state index in [1.54, 1.807) is 37.3 Å². The molecule has 0 amide bonds. The molecule has 2 rings (SSSR count). The fourth-order valence-corrected chi connectivity index (χ4v) is 2.10. The van der Waals surface area contributed by atoms with Crippen molar-refractivity contribution in [2.24, 2.45) is 0 Å². The molecule has 0 aliphatic rings. The Morgan fingerprint density at radius 3 is 2.55 bits per heavy atom. The van der Waals surface area contributed by atoms with Crippen LogP contribution >= 0.6 is 0 Å². The van der Waals surface area contributed by atoms with Crippen LogP contribution in [0.5, 0.6) is 0 Å². The van der Waals surface area contributed by atoms with E-state index in [1.165, 1.54) is 12.3 Å². The Balaban J connectivity index is 2.11. The van der Waals surface area contributed by atoms with Crippen LogP contribution in [0.3, 0.4) is 0 Å². The van der Waals surface area contributed by atoms with E-state index in [9.17, 15) is 12.8 Å². The van der Waals surface area contributed by atoms with Crippen molar-refractivity contribution in [3.8, 4) is 0 Å². The van der Waals surface area contributed by atoms with Gasteiger partial charge in [0.25, 0.3) is 0 Å². The molecule has 2 N–H and O–H groups in total. The molecule has 2 aromatic rings. The van der Waals surface area contributed by atoms with E-state index in [1.807, 2.05) is 0 Å². The number of benzene rings is 1. The summed E-state index contributed by atoms with van der Waals surface area (Å²) in [6.07, 6.45) is 1.37. The molecule has 106 valence electrons. The van der Waals surface area contributed by atoms with Crippen molar-refractivity contribution in [2.75, 3.05) is 15.8 Å². The normalized spacial score (nSPS) is 11.1. The van der Waals surface area contributed by atoms with Gasteiger partial charge in [-0.3, -0.25) is 4.72 Å². The molecule has 1 heterocycles. The maximum absolute atomic E-state index is 13.4. The maximum Gasteiger partial charge on any atom is 0.232 e. The second-order valence-electron chi connectivity index (χ2n) is 4.04. The maximum atomic E-state index is 13.4. The molecule has 0 bridgehead atoms. The Morgan fingerprint density at radius 1 is 1.20 bits per heavy atom. The lowest BCUT2D eigenvalue weighted by Gasteiger charge is -2.08. The van der Waals surface area contributed by atoms with Crippen LogP contribution in [0.4, 0.5) is 21.6 Å². The van der Waals surface area contributed by atoms with Gasteiger partial charge in [0.1, 0.15) is 11.6 Å². The molecule has 1 aromatic heterocycles. The quantitative estimate of drug-likeness (QED) is 0.889. The number of nitrogens with one attached hydrogen (secondary N) is 2. The zero-order valence-electron chi connectivity index (χ0n) is 10.8. The minimum absolute atomic E-state index is 0.0117. The summed E-state index contributed by atoms with van der Waals surface area (Å²) < 4.78 is 38.6. The van der Waals surface area contributed by atoms with Crippen LogP contribution < -0.4 is 10.0 Å². The van der Waals surface area contributed by atoms with Gasteiger partial charge in [-0.15, -0.1) is 0 Å². The lowest BCUT2D eigenvalue weighted by atomic mass is 10.3. The second kappa shape index (κ2) is 5.87. The zero-order chi connectivity index (χ0) is 14.6. The van der Waals surface area contributed by atoms with Crippen LogP contribution in [-0.4, -0.2) is 19.2 Å². The minimum Gasteiger partial charge on any atom is -0.338 e. The summed E-state index contributed by atoms with van der Waals surface area (Å²) in [6.45, 7) is 1.55. The lowest BCUT2D eigenvalue weighted by molar-refractivity contribution is 0.602. The molecule has 1 aromatic carbocycles. The first-order chi connectivity index (χ1) is 9.50. The summed E-state index contributed by atoms with van der Waals surface area (Å²) in [5.41, 5.74) is 0.674. The van der Waals surface area contributed by atoms with Gasteiger partial charge in [-0.2, -0.15) is 0 Å². The van der Waals surface area contributed by atoms with Crippen molar-refractivity contribution in [1.29, 1.82) is 0 Å². The molecule has 7 heteroatoms. The van der Waals surface area contributed by atoms with Crippen LogP contribution in [-0.2, 0) is 10.0 Å². The van der Waals surface area contributed by atoms with Crippen molar-refractivity contribution in [3.63, 3.8) is 0 Å². The highest BCUT2D eigenvalue weighted by atomic mass is 32.2. The molecule has 20 heavy (non-hydrogen) atoms. The zero-order valence-corrected chi connectivity index (χ0v) is 11.6. The first-order valence-corrected chi connectivity index (χ1v) is 7.63. The fraction of sp³-hybridized carbons (Fsp3) is 0.154. The number of hydrogen-bond acceptors (Lipinski definition) is 4. The third kappa shape index (κ3) is 3.67. The molecule has 5 nitrogen and oxygen atoms in total. The summed E-state index contributed by atoms with van der Waals surface area (Å²) in [6, 6.07) is 9.35. The van der Waals surface area contributed by atoms with E-state index in [-0.39, 0.29) is 11.6 Å². The van der Waals surface area contributed by atoms with Gasteiger partial charge in [0.05, 0.1) is 23.3 Å². The highest BCUT2D eigenvalue weighted by molar-refractivity contribution is 7.92. The molecule has 0 radical (unpaired) electrons. The summed E-state index contributed by atoms with van der Waals surface area (Å²) >= 11 is 0. The lowest BCUT2D eigenvalue weighted by Crippen LogP contribution is -2.14. The van der Waals surface area contributed by atoms with E-state index in [0.29, 0.717) is 17.2 Å². The topological polar surface area (TPSA) is 71.1 Å². The van der Waals surface area contributed by atoms with Gasteiger partial charge in [-0.05, 0) is 31.2 Å². The van der Waals surface area contributed by atoms with Crippen LogP contribution in [0.2, 0.25) is 0 Å². The predicted octanol–water partition coefficient (Wildman–Crippen LogP) is 2.73. The largest absolute Gasteiger partial charge is 0.338 e. The minimum atomic E-state index is -3.32. The SMILES string of the molecule is CCS(=O)(=O)Nc1ccc(Nc2ccccc2F)nc1.